The van der Waals surface area contributed by atoms with Gasteiger partial charge in [-0.2, -0.15) is 0 Å². The van der Waals surface area contributed by atoms with Crippen LogP contribution in [-0.2, 0) is 32.6 Å². The summed E-state index contributed by atoms with van der Waals surface area (Å²) in [5.74, 6) is 1.29. The summed E-state index contributed by atoms with van der Waals surface area (Å²) < 4.78 is 2.51. The van der Waals surface area contributed by atoms with Crippen LogP contribution in [0.25, 0.3) is 11.0 Å². The number of hydrogen-bond donors (Lipinski definition) is 0. The van der Waals surface area contributed by atoms with Crippen molar-refractivity contribution < 1.29 is 0 Å². The van der Waals surface area contributed by atoms with Gasteiger partial charge in [0, 0.05) is 51.7 Å². The van der Waals surface area contributed by atoms with E-state index in [0.717, 1.165) is 38.6 Å². The molecule has 3 aliphatic rings. The molecule has 144 valence electrons. The molecule has 6 rings (SSSR count). The molecule has 2 aliphatic heterocycles. The van der Waals surface area contributed by atoms with Crippen molar-refractivity contribution in [1.29, 1.82) is 0 Å². The minimum atomic E-state index is 0.840. The second-order valence-corrected chi connectivity index (χ2v) is 8.79. The van der Waals surface area contributed by atoms with Crippen molar-refractivity contribution in [3.05, 3.63) is 65.0 Å². The first kappa shape index (κ1) is 16.8. The summed E-state index contributed by atoms with van der Waals surface area (Å²) in [7, 11) is 0. The van der Waals surface area contributed by atoms with E-state index in [9.17, 15) is 0 Å². The van der Waals surface area contributed by atoms with Crippen LogP contribution in [0.3, 0.4) is 0 Å². The van der Waals surface area contributed by atoms with Gasteiger partial charge >= 0.3 is 0 Å². The molecule has 0 radical (unpaired) electrons. The monoisotopic (exact) mass is 372 g/mol. The maximum absolute atomic E-state index is 5.06. The molecule has 3 aromatic rings. The summed E-state index contributed by atoms with van der Waals surface area (Å²) in [6.07, 6.45) is 5.30. The van der Waals surface area contributed by atoms with Crippen molar-refractivity contribution in [2.45, 2.75) is 57.9 Å². The number of hydrogen-bond acceptors (Lipinski definition) is 3. The molecule has 0 amide bonds. The zero-order valence-electron chi connectivity index (χ0n) is 16.5. The molecular weight excluding hydrogens is 344 g/mol. The Morgan fingerprint density at radius 2 is 1.75 bits per heavy atom. The van der Waals surface area contributed by atoms with E-state index in [0.29, 0.717) is 0 Å². The Labute approximate surface area is 166 Å². The molecule has 0 saturated heterocycles. The summed E-state index contributed by atoms with van der Waals surface area (Å²) in [5, 5.41) is 0. The second-order valence-electron chi connectivity index (χ2n) is 8.79. The Hall–Kier alpha value is -2.17. The molecule has 28 heavy (non-hydrogen) atoms. The van der Waals surface area contributed by atoms with Crippen LogP contribution >= 0.6 is 0 Å². The van der Waals surface area contributed by atoms with E-state index in [-0.39, 0.29) is 0 Å². The van der Waals surface area contributed by atoms with Crippen LogP contribution in [0.5, 0.6) is 0 Å². The van der Waals surface area contributed by atoms with Gasteiger partial charge in [-0.25, -0.2) is 4.98 Å². The van der Waals surface area contributed by atoms with Gasteiger partial charge in [-0.15, -0.1) is 0 Å². The maximum Gasteiger partial charge on any atom is 0.111 e. The quantitative estimate of drug-likeness (QED) is 0.695. The lowest BCUT2D eigenvalue weighted by Crippen LogP contribution is -2.41. The lowest BCUT2D eigenvalue weighted by molar-refractivity contribution is 0.130. The number of nitrogens with zero attached hydrogens (tertiary/aromatic N) is 4. The predicted octanol–water partition coefficient (Wildman–Crippen LogP) is 3.96. The first-order chi connectivity index (χ1) is 13.8. The van der Waals surface area contributed by atoms with E-state index in [1.165, 1.54) is 65.9 Å². The summed E-state index contributed by atoms with van der Waals surface area (Å²) in [4.78, 5) is 10.3. The normalized spacial score (nSPS) is 20.7. The molecule has 4 heteroatoms. The van der Waals surface area contributed by atoms with Crippen LogP contribution in [0.4, 0.5) is 0 Å². The zero-order valence-corrected chi connectivity index (χ0v) is 16.5. The van der Waals surface area contributed by atoms with E-state index in [4.69, 9.17) is 4.98 Å². The minimum absolute atomic E-state index is 0.840. The molecule has 3 heterocycles. The van der Waals surface area contributed by atoms with E-state index < -0.39 is 0 Å². The molecule has 1 aromatic heterocycles. The van der Waals surface area contributed by atoms with E-state index in [1.807, 2.05) is 0 Å². The SMILES string of the molecule is c1ccc(CN2Cc3cc4nc5n(c4cc3C2)CCN(C2CCC2)CC5)cc1. The third kappa shape index (κ3) is 2.87. The van der Waals surface area contributed by atoms with E-state index in [2.05, 4.69) is 56.8 Å². The molecule has 0 N–H and O–H groups in total. The highest BCUT2D eigenvalue weighted by Gasteiger charge is 2.28. The van der Waals surface area contributed by atoms with Gasteiger partial charge in [0.05, 0.1) is 11.0 Å². The summed E-state index contributed by atoms with van der Waals surface area (Å²) in [6, 6.07) is 16.5. The molecule has 0 unspecified atom stereocenters. The number of aromatic nitrogens is 2. The standard InChI is InChI=1S/C24H28N4/c1-2-5-18(6-3-1)15-26-16-19-13-22-23(14-20(19)17-26)28-12-11-27(21-7-4-8-21)10-9-24(28)25-22/h1-3,5-6,13-14,21H,4,7-12,15-17H2. The summed E-state index contributed by atoms with van der Waals surface area (Å²) >= 11 is 0. The van der Waals surface area contributed by atoms with Crippen LogP contribution in [-0.4, -0.2) is 38.5 Å². The van der Waals surface area contributed by atoms with Gasteiger partial charge in [0.25, 0.3) is 0 Å². The van der Waals surface area contributed by atoms with Crippen molar-refractivity contribution >= 4 is 11.0 Å². The third-order valence-corrected chi connectivity index (χ3v) is 7.01. The first-order valence-electron chi connectivity index (χ1n) is 10.8. The second kappa shape index (κ2) is 6.71. The highest BCUT2D eigenvalue weighted by molar-refractivity contribution is 5.78. The van der Waals surface area contributed by atoms with Crippen molar-refractivity contribution in [3.63, 3.8) is 0 Å². The van der Waals surface area contributed by atoms with Gasteiger partial charge in [0.15, 0.2) is 0 Å². The van der Waals surface area contributed by atoms with Crippen LogP contribution in [0.15, 0.2) is 42.5 Å². The topological polar surface area (TPSA) is 24.3 Å². The number of imidazole rings is 1. The van der Waals surface area contributed by atoms with Crippen molar-refractivity contribution in [1.82, 2.24) is 19.4 Å². The Morgan fingerprint density at radius 1 is 0.929 bits per heavy atom. The molecule has 0 atom stereocenters. The van der Waals surface area contributed by atoms with Crippen LogP contribution in [0.1, 0.15) is 41.8 Å². The first-order valence-corrected chi connectivity index (χ1v) is 10.8. The average Bonchev–Trinajstić information content (AvgIpc) is 3.13. The maximum atomic E-state index is 5.06. The van der Waals surface area contributed by atoms with Gasteiger partial charge in [0.1, 0.15) is 5.82 Å². The smallest absolute Gasteiger partial charge is 0.111 e. The molecule has 1 aliphatic carbocycles. The van der Waals surface area contributed by atoms with Crippen molar-refractivity contribution in [3.8, 4) is 0 Å². The van der Waals surface area contributed by atoms with Gasteiger partial charge in [-0.3, -0.25) is 9.80 Å². The van der Waals surface area contributed by atoms with Gasteiger partial charge in [-0.05, 0) is 41.7 Å². The Morgan fingerprint density at radius 3 is 2.54 bits per heavy atom. The number of rotatable bonds is 3. The highest BCUT2D eigenvalue weighted by Crippen LogP contribution is 2.31. The van der Waals surface area contributed by atoms with Crippen molar-refractivity contribution in [2.75, 3.05) is 13.1 Å². The van der Waals surface area contributed by atoms with Gasteiger partial charge in [0.2, 0.25) is 0 Å². The van der Waals surface area contributed by atoms with E-state index in [1.54, 1.807) is 0 Å². The lowest BCUT2D eigenvalue weighted by atomic mass is 9.91. The molecule has 2 aromatic carbocycles. The number of fused-ring (bicyclic) bond motifs is 4. The van der Waals surface area contributed by atoms with Crippen LogP contribution in [0.2, 0.25) is 0 Å². The Kier molecular flexibility index (Phi) is 4.02. The fourth-order valence-corrected chi connectivity index (χ4v) is 5.23. The van der Waals surface area contributed by atoms with E-state index >= 15 is 0 Å². The zero-order chi connectivity index (χ0) is 18.5. The Bertz CT molecular complexity index is 1000. The van der Waals surface area contributed by atoms with Crippen LogP contribution < -0.4 is 0 Å². The summed E-state index contributed by atoms with van der Waals surface area (Å²) in [6.45, 7) is 6.56. The molecular formula is C24H28N4. The Balaban J connectivity index is 1.25. The van der Waals surface area contributed by atoms with Crippen molar-refractivity contribution in [2.24, 2.45) is 0 Å². The summed E-state index contributed by atoms with van der Waals surface area (Å²) in [5.41, 5.74) is 6.91. The van der Waals surface area contributed by atoms with Gasteiger partial charge in [-0.1, -0.05) is 36.8 Å². The molecule has 0 spiro atoms. The molecule has 1 fully saturated rings. The molecule has 4 nitrogen and oxygen atoms in total. The minimum Gasteiger partial charge on any atom is -0.327 e. The third-order valence-electron chi connectivity index (χ3n) is 7.01. The number of benzene rings is 2. The predicted molar refractivity (Wildman–Crippen MR) is 112 cm³/mol. The molecule has 0 bridgehead atoms. The van der Waals surface area contributed by atoms with Crippen LogP contribution in [0, 0.1) is 0 Å². The largest absolute Gasteiger partial charge is 0.327 e. The van der Waals surface area contributed by atoms with Gasteiger partial charge < -0.3 is 4.57 Å². The highest BCUT2D eigenvalue weighted by atomic mass is 15.2. The molecule has 1 saturated carbocycles. The fraction of sp³-hybridized carbons (Fsp3) is 0.458. The fourth-order valence-electron chi connectivity index (χ4n) is 5.23. The lowest BCUT2D eigenvalue weighted by Gasteiger charge is -2.36. The average molecular weight is 373 g/mol.